The Hall–Kier alpha value is -2.29. The molecule has 0 spiro atoms. The van der Waals surface area contributed by atoms with E-state index >= 15 is 0 Å². The van der Waals surface area contributed by atoms with Crippen molar-refractivity contribution < 1.29 is 4.74 Å². The SMILES string of the molecule is CCc1ccc(OCc2nc3ccccc3n2CCC2CCCCC2)cc1. The van der Waals surface area contributed by atoms with Gasteiger partial charge in [-0.3, -0.25) is 0 Å². The van der Waals surface area contributed by atoms with E-state index < -0.39 is 0 Å². The Morgan fingerprint density at radius 3 is 2.56 bits per heavy atom. The van der Waals surface area contributed by atoms with Gasteiger partial charge in [-0.05, 0) is 48.6 Å². The Bertz CT molecular complexity index is 860. The van der Waals surface area contributed by atoms with Gasteiger partial charge < -0.3 is 9.30 Å². The molecule has 0 aliphatic heterocycles. The van der Waals surface area contributed by atoms with Crippen molar-refractivity contribution in [2.45, 2.75) is 65.0 Å². The van der Waals surface area contributed by atoms with Crippen LogP contribution in [0.15, 0.2) is 48.5 Å². The van der Waals surface area contributed by atoms with Crippen molar-refractivity contribution in [3.63, 3.8) is 0 Å². The number of imidazole rings is 1. The van der Waals surface area contributed by atoms with E-state index in [1.54, 1.807) is 0 Å². The minimum atomic E-state index is 0.519. The first-order valence-corrected chi connectivity index (χ1v) is 10.5. The molecule has 4 rings (SSSR count). The van der Waals surface area contributed by atoms with Crippen LogP contribution in [0.25, 0.3) is 11.0 Å². The molecule has 0 N–H and O–H groups in total. The molecule has 27 heavy (non-hydrogen) atoms. The van der Waals surface area contributed by atoms with Crippen LogP contribution >= 0.6 is 0 Å². The van der Waals surface area contributed by atoms with Crippen LogP contribution in [0, 0.1) is 5.92 Å². The quantitative estimate of drug-likeness (QED) is 0.504. The standard InChI is InChI=1S/C24H30N2O/c1-2-19-12-14-21(15-13-19)27-18-24-25-22-10-6-7-11-23(22)26(24)17-16-20-8-4-3-5-9-20/h6-7,10-15,20H,2-5,8-9,16-18H2,1H3. The number of ether oxygens (including phenoxy) is 1. The van der Waals surface area contributed by atoms with Crippen LogP contribution in [-0.2, 0) is 19.6 Å². The molecule has 2 aromatic carbocycles. The molecule has 3 nitrogen and oxygen atoms in total. The summed E-state index contributed by atoms with van der Waals surface area (Å²) >= 11 is 0. The molecule has 1 aliphatic carbocycles. The van der Waals surface area contributed by atoms with Crippen molar-refractivity contribution in [1.82, 2.24) is 9.55 Å². The highest BCUT2D eigenvalue weighted by atomic mass is 16.5. The third-order valence-electron chi connectivity index (χ3n) is 5.92. The Balaban J connectivity index is 1.49. The van der Waals surface area contributed by atoms with Crippen LogP contribution in [-0.4, -0.2) is 9.55 Å². The number of hydrogen-bond acceptors (Lipinski definition) is 2. The second-order valence-electron chi connectivity index (χ2n) is 7.75. The summed E-state index contributed by atoms with van der Waals surface area (Å²) in [5.74, 6) is 2.82. The molecule has 3 heteroatoms. The lowest BCUT2D eigenvalue weighted by Crippen LogP contribution is -2.13. The zero-order chi connectivity index (χ0) is 18.5. The van der Waals surface area contributed by atoms with Crippen molar-refractivity contribution >= 4 is 11.0 Å². The van der Waals surface area contributed by atoms with E-state index in [-0.39, 0.29) is 0 Å². The van der Waals surface area contributed by atoms with Gasteiger partial charge >= 0.3 is 0 Å². The van der Waals surface area contributed by atoms with E-state index in [9.17, 15) is 0 Å². The number of para-hydroxylation sites is 2. The van der Waals surface area contributed by atoms with E-state index in [0.717, 1.165) is 36.0 Å². The normalized spacial score (nSPS) is 15.3. The van der Waals surface area contributed by atoms with Gasteiger partial charge in [0.2, 0.25) is 0 Å². The molecule has 142 valence electrons. The van der Waals surface area contributed by atoms with Crippen molar-refractivity contribution in [3.8, 4) is 5.75 Å². The van der Waals surface area contributed by atoms with E-state index in [0.29, 0.717) is 6.61 Å². The first-order chi connectivity index (χ1) is 13.3. The highest BCUT2D eigenvalue weighted by Gasteiger charge is 2.16. The maximum absolute atomic E-state index is 6.07. The number of benzene rings is 2. The van der Waals surface area contributed by atoms with Gasteiger partial charge in [0.15, 0.2) is 0 Å². The molecule has 1 saturated carbocycles. The monoisotopic (exact) mass is 362 g/mol. The molecule has 0 radical (unpaired) electrons. The minimum absolute atomic E-state index is 0.519. The fourth-order valence-corrected chi connectivity index (χ4v) is 4.24. The van der Waals surface area contributed by atoms with Gasteiger partial charge in [-0.25, -0.2) is 4.98 Å². The maximum atomic E-state index is 6.07. The van der Waals surface area contributed by atoms with Crippen molar-refractivity contribution in [3.05, 3.63) is 59.9 Å². The second kappa shape index (κ2) is 8.60. The van der Waals surface area contributed by atoms with E-state index in [1.807, 2.05) is 0 Å². The fraction of sp³-hybridized carbons (Fsp3) is 0.458. The van der Waals surface area contributed by atoms with Crippen LogP contribution in [0.3, 0.4) is 0 Å². The summed E-state index contributed by atoms with van der Waals surface area (Å²) in [5.41, 5.74) is 3.64. The predicted molar refractivity (Wildman–Crippen MR) is 111 cm³/mol. The first kappa shape index (κ1) is 18.1. The van der Waals surface area contributed by atoms with Gasteiger partial charge in [0, 0.05) is 6.54 Å². The zero-order valence-corrected chi connectivity index (χ0v) is 16.4. The molecule has 0 unspecified atom stereocenters. The third-order valence-corrected chi connectivity index (χ3v) is 5.92. The van der Waals surface area contributed by atoms with Crippen molar-refractivity contribution in [2.24, 2.45) is 5.92 Å². The number of aryl methyl sites for hydroxylation is 2. The number of aromatic nitrogens is 2. The van der Waals surface area contributed by atoms with Crippen LogP contribution in [0.4, 0.5) is 0 Å². The van der Waals surface area contributed by atoms with Gasteiger partial charge in [-0.15, -0.1) is 0 Å². The van der Waals surface area contributed by atoms with E-state index in [4.69, 9.17) is 9.72 Å². The molecule has 3 aromatic rings. The molecule has 0 saturated heterocycles. The summed E-state index contributed by atoms with van der Waals surface area (Å²) in [6.45, 7) is 3.73. The Morgan fingerprint density at radius 1 is 1.00 bits per heavy atom. The fourth-order valence-electron chi connectivity index (χ4n) is 4.24. The van der Waals surface area contributed by atoms with E-state index in [2.05, 4.69) is 60.0 Å². The largest absolute Gasteiger partial charge is 0.486 e. The van der Waals surface area contributed by atoms with Gasteiger partial charge in [-0.2, -0.15) is 0 Å². The van der Waals surface area contributed by atoms with Crippen LogP contribution in [0.5, 0.6) is 5.75 Å². The summed E-state index contributed by atoms with van der Waals surface area (Å²) in [4.78, 5) is 4.86. The Labute approximate surface area is 162 Å². The summed E-state index contributed by atoms with van der Waals surface area (Å²) in [6, 6.07) is 16.9. The topological polar surface area (TPSA) is 27.1 Å². The van der Waals surface area contributed by atoms with Gasteiger partial charge in [0.1, 0.15) is 18.2 Å². The first-order valence-electron chi connectivity index (χ1n) is 10.5. The molecule has 1 fully saturated rings. The lowest BCUT2D eigenvalue weighted by molar-refractivity contribution is 0.282. The summed E-state index contributed by atoms with van der Waals surface area (Å²) < 4.78 is 8.45. The molecule has 1 heterocycles. The van der Waals surface area contributed by atoms with Gasteiger partial charge in [-0.1, -0.05) is 63.3 Å². The zero-order valence-electron chi connectivity index (χ0n) is 16.4. The molecule has 0 bridgehead atoms. The Morgan fingerprint density at radius 2 is 1.78 bits per heavy atom. The molecule has 0 atom stereocenters. The summed E-state index contributed by atoms with van der Waals surface area (Å²) in [5, 5.41) is 0. The van der Waals surface area contributed by atoms with E-state index in [1.165, 1.54) is 49.6 Å². The lowest BCUT2D eigenvalue weighted by Gasteiger charge is -2.22. The molecule has 1 aliphatic rings. The average molecular weight is 363 g/mol. The van der Waals surface area contributed by atoms with Gasteiger partial charge in [0.05, 0.1) is 11.0 Å². The predicted octanol–water partition coefficient (Wildman–Crippen LogP) is 6.15. The smallest absolute Gasteiger partial charge is 0.147 e. The highest BCUT2D eigenvalue weighted by molar-refractivity contribution is 5.75. The molecule has 1 aromatic heterocycles. The minimum Gasteiger partial charge on any atom is -0.486 e. The molecular weight excluding hydrogens is 332 g/mol. The maximum Gasteiger partial charge on any atom is 0.147 e. The number of rotatable bonds is 7. The highest BCUT2D eigenvalue weighted by Crippen LogP contribution is 2.28. The average Bonchev–Trinajstić information content (AvgIpc) is 3.09. The number of hydrogen-bond donors (Lipinski definition) is 0. The number of fused-ring (bicyclic) bond motifs is 1. The molecule has 0 amide bonds. The molecular formula is C24H30N2O. The van der Waals surface area contributed by atoms with Crippen molar-refractivity contribution in [2.75, 3.05) is 0 Å². The Kier molecular flexibility index (Phi) is 5.76. The van der Waals surface area contributed by atoms with Crippen molar-refractivity contribution in [1.29, 1.82) is 0 Å². The lowest BCUT2D eigenvalue weighted by atomic mass is 9.87. The summed E-state index contributed by atoms with van der Waals surface area (Å²) in [7, 11) is 0. The third kappa shape index (κ3) is 4.35. The van der Waals surface area contributed by atoms with Crippen LogP contribution in [0.1, 0.15) is 56.8 Å². The van der Waals surface area contributed by atoms with Crippen LogP contribution in [0.2, 0.25) is 0 Å². The summed E-state index contributed by atoms with van der Waals surface area (Å²) in [6.07, 6.45) is 9.30. The number of nitrogens with zero attached hydrogens (tertiary/aromatic N) is 2. The van der Waals surface area contributed by atoms with Crippen LogP contribution < -0.4 is 4.74 Å². The second-order valence-corrected chi connectivity index (χ2v) is 7.75. The van der Waals surface area contributed by atoms with Gasteiger partial charge in [0.25, 0.3) is 0 Å².